The molecule has 26 heavy (non-hydrogen) atoms. The SMILES string of the molecule is CCc1ccc(CNC(=NC)NCCNC(=O)c2ccccc2Cl)s1.I. The number of amides is 1. The van der Waals surface area contributed by atoms with Gasteiger partial charge >= 0.3 is 0 Å². The van der Waals surface area contributed by atoms with Crippen LogP contribution in [0.25, 0.3) is 0 Å². The third kappa shape index (κ3) is 7.13. The zero-order chi connectivity index (χ0) is 18.1. The monoisotopic (exact) mass is 506 g/mol. The molecule has 0 aliphatic rings. The Morgan fingerprint density at radius 1 is 1.08 bits per heavy atom. The molecule has 1 heterocycles. The molecule has 1 aromatic heterocycles. The highest BCUT2D eigenvalue weighted by atomic mass is 127. The molecule has 0 spiro atoms. The third-order valence-corrected chi connectivity index (χ3v) is 5.10. The Balaban J connectivity index is 0.00000338. The Kier molecular flexibility index (Phi) is 10.6. The first kappa shape index (κ1) is 22.7. The fourth-order valence-electron chi connectivity index (χ4n) is 2.20. The van der Waals surface area contributed by atoms with Gasteiger partial charge in [-0.25, -0.2) is 0 Å². The number of hydrogen-bond acceptors (Lipinski definition) is 3. The van der Waals surface area contributed by atoms with Gasteiger partial charge in [-0.05, 0) is 30.7 Å². The predicted octanol–water partition coefficient (Wildman–Crippen LogP) is 3.68. The summed E-state index contributed by atoms with van der Waals surface area (Å²) in [7, 11) is 1.73. The molecule has 8 heteroatoms. The number of aliphatic imine (C=N–C) groups is 1. The number of nitrogens with zero attached hydrogens (tertiary/aromatic N) is 1. The molecule has 0 radical (unpaired) electrons. The van der Waals surface area contributed by atoms with E-state index in [2.05, 4.69) is 40.0 Å². The van der Waals surface area contributed by atoms with Crippen molar-refractivity contribution in [1.29, 1.82) is 0 Å². The molecule has 3 N–H and O–H groups in total. The first-order chi connectivity index (χ1) is 12.1. The maximum absolute atomic E-state index is 12.1. The van der Waals surface area contributed by atoms with Crippen molar-refractivity contribution in [2.24, 2.45) is 4.99 Å². The lowest BCUT2D eigenvalue weighted by molar-refractivity contribution is 0.0954. The molecule has 5 nitrogen and oxygen atoms in total. The number of carbonyl (C=O) groups is 1. The van der Waals surface area contributed by atoms with Crippen molar-refractivity contribution in [3.8, 4) is 0 Å². The number of nitrogens with one attached hydrogen (secondary N) is 3. The number of carbonyl (C=O) groups excluding carboxylic acids is 1. The van der Waals surface area contributed by atoms with E-state index < -0.39 is 0 Å². The second-order valence-corrected chi connectivity index (χ2v) is 6.97. The zero-order valence-corrected chi connectivity index (χ0v) is 18.7. The summed E-state index contributed by atoms with van der Waals surface area (Å²) in [4.78, 5) is 18.9. The van der Waals surface area contributed by atoms with Gasteiger partial charge in [0.1, 0.15) is 0 Å². The largest absolute Gasteiger partial charge is 0.355 e. The van der Waals surface area contributed by atoms with Gasteiger partial charge < -0.3 is 16.0 Å². The van der Waals surface area contributed by atoms with Crippen molar-refractivity contribution < 1.29 is 4.79 Å². The van der Waals surface area contributed by atoms with E-state index in [-0.39, 0.29) is 29.9 Å². The van der Waals surface area contributed by atoms with E-state index in [1.165, 1.54) is 9.75 Å². The van der Waals surface area contributed by atoms with Gasteiger partial charge in [0.2, 0.25) is 0 Å². The van der Waals surface area contributed by atoms with Crippen LogP contribution in [-0.4, -0.2) is 32.0 Å². The number of halogens is 2. The number of guanidine groups is 1. The van der Waals surface area contributed by atoms with E-state index in [0.717, 1.165) is 13.0 Å². The van der Waals surface area contributed by atoms with Crippen molar-refractivity contribution in [2.45, 2.75) is 19.9 Å². The molecule has 1 amide bonds. The maximum atomic E-state index is 12.1. The van der Waals surface area contributed by atoms with Crippen molar-refractivity contribution >= 4 is 58.8 Å². The summed E-state index contributed by atoms with van der Waals surface area (Å²) in [6.45, 7) is 3.93. The molecule has 0 unspecified atom stereocenters. The van der Waals surface area contributed by atoms with E-state index >= 15 is 0 Å². The molecule has 0 fully saturated rings. The maximum Gasteiger partial charge on any atom is 0.252 e. The van der Waals surface area contributed by atoms with Crippen LogP contribution in [0.3, 0.4) is 0 Å². The van der Waals surface area contributed by atoms with Crippen LogP contribution in [0.2, 0.25) is 5.02 Å². The topological polar surface area (TPSA) is 65.5 Å². The molecule has 2 aromatic rings. The molecule has 0 aliphatic carbocycles. The molecule has 0 saturated carbocycles. The second-order valence-electron chi connectivity index (χ2n) is 5.31. The van der Waals surface area contributed by atoms with E-state index in [1.54, 1.807) is 42.6 Å². The predicted molar refractivity (Wildman–Crippen MR) is 121 cm³/mol. The van der Waals surface area contributed by atoms with Crippen LogP contribution in [0.5, 0.6) is 0 Å². The van der Waals surface area contributed by atoms with Crippen molar-refractivity contribution in [3.63, 3.8) is 0 Å². The normalized spacial score (nSPS) is 10.8. The van der Waals surface area contributed by atoms with Crippen LogP contribution in [0.1, 0.15) is 27.0 Å². The first-order valence-electron chi connectivity index (χ1n) is 8.19. The molecule has 1 aromatic carbocycles. The minimum Gasteiger partial charge on any atom is -0.355 e. The summed E-state index contributed by atoms with van der Waals surface area (Å²) in [5, 5.41) is 9.73. The van der Waals surface area contributed by atoms with Gasteiger partial charge in [0.15, 0.2) is 5.96 Å². The Labute approximate surface area is 180 Å². The number of aryl methyl sites for hydroxylation is 1. The minimum absolute atomic E-state index is 0. The van der Waals surface area contributed by atoms with Crippen LogP contribution >= 0.6 is 46.9 Å². The van der Waals surface area contributed by atoms with Crippen molar-refractivity contribution in [1.82, 2.24) is 16.0 Å². The highest BCUT2D eigenvalue weighted by Crippen LogP contribution is 2.16. The van der Waals surface area contributed by atoms with Crippen LogP contribution < -0.4 is 16.0 Å². The smallest absolute Gasteiger partial charge is 0.252 e. The Hall–Kier alpha value is -1.32. The van der Waals surface area contributed by atoms with E-state index in [9.17, 15) is 4.79 Å². The van der Waals surface area contributed by atoms with Crippen LogP contribution in [0, 0.1) is 0 Å². The fraction of sp³-hybridized carbons (Fsp3) is 0.333. The molecular weight excluding hydrogens is 483 g/mol. The molecule has 0 aliphatic heterocycles. The number of thiophene rings is 1. The molecule has 142 valence electrons. The lowest BCUT2D eigenvalue weighted by atomic mass is 10.2. The van der Waals surface area contributed by atoms with Gasteiger partial charge in [-0.15, -0.1) is 35.3 Å². The summed E-state index contributed by atoms with van der Waals surface area (Å²) >= 11 is 7.81. The summed E-state index contributed by atoms with van der Waals surface area (Å²) in [5.74, 6) is 0.527. The molecule has 2 rings (SSSR count). The summed E-state index contributed by atoms with van der Waals surface area (Å²) in [6, 6.07) is 11.3. The molecule has 0 saturated heterocycles. The molecule has 0 atom stereocenters. The van der Waals surface area contributed by atoms with Crippen LogP contribution in [0.15, 0.2) is 41.4 Å². The Morgan fingerprint density at radius 2 is 1.77 bits per heavy atom. The van der Waals surface area contributed by atoms with E-state index in [1.807, 2.05) is 0 Å². The van der Waals surface area contributed by atoms with Gasteiger partial charge in [0, 0.05) is 29.9 Å². The molecular formula is C18H24ClIN4OS. The third-order valence-electron chi connectivity index (χ3n) is 3.54. The van der Waals surface area contributed by atoms with Crippen molar-refractivity contribution in [3.05, 3.63) is 56.7 Å². The average Bonchev–Trinajstić information content (AvgIpc) is 3.09. The van der Waals surface area contributed by atoms with Crippen LogP contribution in [0.4, 0.5) is 0 Å². The van der Waals surface area contributed by atoms with Crippen molar-refractivity contribution in [2.75, 3.05) is 20.1 Å². The minimum atomic E-state index is -0.180. The van der Waals surface area contributed by atoms with E-state index in [4.69, 9.17) is 11.6 Å². The highest BCUT2D eigenvalue weighted by Gasteiger charge is 2.08. The lowest BCUT2D eigenvalue weighted by Gasteiger charge is -2.12. The number of benzene rings is 1. The van der Waals surface area contributed by atoms with Gasteiger partial charge in [0.25, 0.3) is 5.91 Å². The van der Waals surface area contributed by atoms with Crippen LogP contribution in [-0.2, 0) is 13.0 Å². The van der Waals surface area contributed by atoms with Gasteiger partial charge in [0.05, 0.1) is 17.1 Å². The Bertz CT molecular complexity index is 735. The first-order valence-corrected chi connectivity index (χ1v) is 9.38. The summed E-state index contributed by atoms with van der Waals surface area (Å²) < 4.78 is 0. The number of hydrogen-bond donors (Lipinski definition) is 3. The highest BCUT2D eigenvalue weighted by molar-refractivity contribution is 14.0. The average molecular weight is 507 g/mol. The Morgan fingerprint density at radius 3 is 2.42 bits per heavy atom. The molecule has 0 bridgehead atoms. The number of rotatable bonds is 7. The second kappa shape index (κ2) is 12.1. The van der Waals surface area contributed by atoms with Gasteiger partial charge in [-0.3, -0.25) is 9.79 Å². The summed E-state index contributed by atoms with van der Waals surface area (Å²) in [6.07, 6.45) is 1.06. The quantitative estimate of drug-likeness (QED) is 0.232. The standard InChI is InChI=1S/C18H23ClN4OS.HI/c1-3-13-8-9-14(25-13)12-23-18(20-2)22-11-10-21-17(24)15-6-4-5-7-16(15)19;/h4-9H,3,10-12H2,1-2H3,(H,21,24)(H2,20,22,23);1H. The van der Waals surface area contributed by atoms with E-state index in [0.29, 0.717) is 29.6 Å². The lowest BCUT2D eigenvalue weighted by Crippen LogP contribution is -2.41. The van der Waals surface area contributed by atoms with Gasteiger partial charge in [-0.2, -0.15) is 0 Å². The van der Waals surface area contributed by atoms with Gasteiger partial charge in [-0.1, -0.05) is 30.7 Å². The summed E-state index contributed by atoms with van der Waals surface area (Å²) in [5.41, 5.74) is 0.482. The fourth-order valence-corrected chi connectivity index (χ4v) is 3.32. The zero-order valence-electron chi connectivity index (χ0n) is 14.8.